The quantitative estimate of drug-likeness (QED) is 0.749. The van der Waals surface area contributed by atoms with Crippen LogP contribution < -0.4 is 16.0 Å². The predicted molar refractivity (Wildman–Crippen MR) is 86.8 cm³/mol. The molecule has 1 aromatic heterocycles. The molecule has 3 N–H and O–H groups in total. The molecule has 118 valence electrons. The summed E-state index contributed by atoms with van der Waals surface area (Å²) in [5, 5.41) is 8.24. The number of carbonyl (C=O) groups excluding carboxylic acids is 2. The van der Waals surface area contributed by atoms with Gasteiger partial charge in [-0.05, 0) is 39.3 Å². The summed E-state index contributed by atoms with van der Waals surface area (Å²) >= 11 is 7.31. The highest BCUT2D eigenvalue weighted by molar-refractivity contribution is 7.16. The largest absolute Gasteiger partial charge is 0.347 e. The number of carbonyl (C=O) groups is 2. The SMILES string of the molecule is CCCNC(=O)NC(C)(C)C(=O)N[C@@H](C)c1ccc(Cl)s1. The number of hydrogen-bond acceptors (Lipinski definition) is 3. The van der Waals surface area contributed by atoms with E-state index in [2.05, 4.69) is 16.0 Å². The Hall–Kier alpha value is -1.27. The Bertz CT molecular complexity index is 502. The van der Waals surface area contributed by atoms with Crippen molar-refractivity contribution >= 4 is 34.9 Å². The maximum Gasteiger partial charge on any atom is 0.315 e. The molecule has 0 aliphatic carbocycles. The Labute approximate surface area is 134 Å². The van der Waals surface area contributed by atoms with Gasteiger partial charge in [-0.15, -0.1) is 11.3 Å². The first-order valence-corrected chi connectivity index (χ1v) is 8.08. The normalized spacial score (nSPS) is 12.6. The highest BCUT2D eigenvalue weighted by atomic mass is 35.5. The molecule has 0 fully saturated rings. The van der Waals surface area contributed by atoms with Crippen LogP contribution in [0.3, 0.4) is 0 Å². The van der Waals surface area contributed by atoms with E-state index in [9.17, 15) is 9.59 Å². The standard InChI is InChI=1S/C14H22ClN3O2S/c1-5-8-16-13(20)18-14(3,4)12(19)17-9(2)10-6-7-11(15)21-10/h6-7,9H,5,8H2,1-4H3,(H,17,19)(H2,16,18,20)/t9-/m0/s1. The average molecular weight is 332 g/mol. The second-order valence-corrected chi connectivity index (χ2v) is 7.09. The van der Waals surface area contributed by atoms with Crippen molar-refractivity contribution in [2.75, 3.05) is 6.54 Å². The molecule has 1 heterocycles. The lowest BCUT2D eigenvalue weighted by Gasteiger charge is -2.27. The lowest BCUT2D eigenvalue weighted by atomic mass is 10.0. The van der Waals surface area contributed by atoms with Crippen molar-refractivity contribution in [3.8, 4) is 0 Å². The molecule has 3 amide bonds. The minimum absolute atomic E-state index is 0.158. The molecule has 7 heteroatoms. The van der Waals surface area contributed by atoms with E-state index in [0.717, 1.165) is 11.3 Å². The van der Waals surface area contributed by atoms with Gasteiger partial charge in [0.15, 0.2) is 0 Å². The number of nitrogens with one attached hydrogen (secondary N) is 3. The van der Waals surface area contributed by atoms with Crippen LogP contribution in [0.1, 0.15) is 45.0 Å². The van der Waals surface area contributed by atoms with E-state index in [0.29, 0.717) is 10.9 Å². The Balaban J connectivity index is 2.58. The molecule has 5 nitrogen and oxygen atoms in total. The summed E-state index contributed by atoms with van der Waals surface area (Å²) in [5.41, 5.74) is -0.993. The van der Waals surface area contributed by atoms with Crippen LogP contribution >= 0.6 is 22.9 Å². The van der Waals surface area contributed by atoms with Gasteiger partial charge < -0.3 is 16.0 Å². The first kappa shape index (κ1) is 17.8. The summed E-state index contributed by atoms with van der Waals surface area (Å²) in [6.45, 7) is 7.76. The molecule has 0 saturated heterocycles. The van der Waals surface area contributed by atoms with Gasteiger partial charge in [-0.2, -0.15) is 0 Å². The van der Waals surface area contributed by atoms with E-state index in [1.807, 2.05) is 19.9 Å². The summed E-state index contributed by atoms with van der Waals surface area (Å²) in [7, 11) is 0. The van der Waals surface area contributed by atoms with Gasteiger partial charge in [-0.3, -0.25) is 4.79 Å². The van der Waals surface area contributed by atoms with Gasteiger partial charge in [-0.1, -0.05) is 18.5 Å². The smallest absolute Gasteiger partial charge is 0.315 e. The fourth-order valence-corrected chi connectivity index (χ4v) is 2.70. The highest BCUT2D eigenvalue weighted by Crippen LogP contribution is 2.26. The average Bonchev–Trinajstić information content (AvgIpc) is 2.82. The van der Waals surface area contributed by atoms with Crippen LogP contribution in [0, 0.1) is 0 Å². The van der Waals surface area contributed by atoms with Gasteiger partial charge in [0.1, 0.15) is 5.54 Å². The highest BCUT2D eigenvalue weighted by Gasteiger charge is 2.30. The number of hydrogen-bond donors (Lipinski definition) is 3. The van der Waals surface area contributed by atoms with Crippen LogP contribution in [-0.4, -0.2) is 24.0 Å². The van der Waals surface area contributed by atoms with Gasteiger partial charge in [0.2, 0.25) is 5.91 Å². The van der Waals surface area contributed by atoms with Crippen molar-refractivity contribution in [3.63, 3.8) is 0 Å². The Morgan fingerprint density at radius 3 is 2.57 bits per heavy atom. The van der Waals surface area contributed by atoms with Crippen molar-refractivity contribution in [2.45, 2.75) is 45.7 Å². The molecule has 21 heavy (non-hydrogen) atoms. The molecule has 0 saturated carbocycles. The number of halogens is 1. The minimum atomic E-state index is -0.993. The van der Waals surface area contributed by atoms with Crippen molar-refractivity contribution in [2.24, 2.45) is 0 Å². The number of thiophene rings is 1. The van der Waals surface area contributed by atoms with E-state index in [-0.39, 0.29) is 18.0 Å². The topological polar surface area (TPSA) is 70.2 Å². The molecule has 1 atom stereocenters. The molecule has 1 rings (SSSR count). The Morgan fingerprint density at radius 1 is 1.38 bits per heavy atom. The van der Waals surface area contributed by atoms with Gasteiger partial charge >= 0.3 is 6.03 Å². The molecule has 0 spiro atoms. The van der Waals surface area contributed by atoms with Gasteiger partial charge in [0.25, 0.3) is 0 Å². The maximum atomic E-state index is 12.3. The van der Waals surface area contributed by atoms with Crippen LogP contribution in [0.2, 0.25) is 4.34 Å². The lowest BCUT2D eigenvalue weighted by molar-refractivity contribution is -0.126. The summed E-state index contributed by atoms with van der Waals surface area (Å²) < 4.78 is 0.683. The molecule has 1 aromatic rings. The van der Waals surface area contributed by atoms with Crippen LogP contribution in [0.4, 0.5) is 4.79 Å². The zero-order chi connectivity index (χ0) is 16.0. The molecule has 0 aromatic carbocycles. The molecule has 0 radical (unpaired) electrons. The Morgan fingerprint density at radius 2 is 2.05 bits per heavy atom. The van der Waals surface area contributed by atoms with Gasteiger partial charge in [0, 0.05) is 11.4 Å². The fraction of sp³-hybridized carbons (Fsp3) is 0.571. The summed E-state index contributed by atoms with van der Waals surface area (Å²) in [5.74, 6) is -0.244. The summed E-state index contributed by atoms with van der Waals surface area (Å²) in [6.07, 6.45) is 0.843. The maximum absolute atomic E-state index is 12.3. The van der Waals surface area contributed by atoms with Crippen LogP contribution in [0.15, 0.2) is 12.1 Å². The number of urea groups is 1. The van der Waals surface area contributed by atoms with Crippen molar-refractivity contribution in [1.29, 1.82) is 0 Å². The van der Waals surface area contributed by atoms with Crippen LogP contribution in [0.25, 0.3) is 0 Å². The number of amides is 3. The van der Waals surface area contributed by atoms with Crippen molar-refractivity contribution in [1.82, 2.24) is 16.0 Å². The van der Waals surface area contributed by atoms with Crippen molar-refractivity contribution < 1.29 is 9.59 Å². The number of rotatable bonds is 6. The molecular weight excluding hydrogens is 310 g/mol. The molecule has 0 unspecified atom stereocenters. The fourth-order valence-electron chi connectivity index (χ4n) is 1.63. The second kappa shape index (κ2) is 7.66. The van der Waals surface area contributed by atoms with E-state index in [4.69, 9.17) is 11.6 Å². The van der Waals surface area contributed by atoms with Crippen LogP contribution in [0.5, 0.6) is 0 Å². The van der Waals surface area contributed by atoms with E-state index < -0.39 is 5.54 Å². The third kappa shape index (κ3) is 5.55. The first-order chi connectivity index (χ1) is 9.76. The molecule has 0 bridgehead atoms. The summed E-state index contributed by atoms with van der Waals surface area (Å²) in [4.78, 5) is 24.9. The third-order valence-electron chi connectivity index (χ3n) is 2.90. The zero-order valence-corrected chi connectivity index (χ0v) is 14.3. The van der Waals surface area contributed by atoms with E-state index in [1.165, 1.54) is 11.3 Å². The van der Waals surface area contributed by atoms with Crippen molar-refractivity contribution in [3.05, 3.63) is 21.3 Å². The zero-order valence-electron chi connectivity index (χ0n) is 12.7. The first-order valence-electron chi connectivity index (χ1n) is 6.88. The third-order valence-corrected chi connectivity index (χ3v) is 4.31. The van der Waals surface area contributed by atoms with Gasteiger partial charge in [0.05, 0.1) is 10.4 Å². The van der Waals surface area contributed by atoms with Gasteiger partial charge in [-0.25, -0.2) is 4.79 Å². The molecule has 0 aliphatic rings. The molecular formula is C14H22ClN3O2S. The van der Waals surface area contributed by atoms with E-state index in [1.54, 1.807) is 19.9 Å². The van der Waals surface area contributed by atoms with E-state index >= 15 is 0 Å². The summed E-state index contributed by atoms with van der Waals surface area (Å²) in [6, 6.07) is 3.18. The Kier molecular flexibility index (Phi) is 6.48. The second-order valence-electron chi connectivity index (χ2n) is 5.34. The molecule has 0 aliphatic heterocycles. The predicted octanol–water partition coefficient (Wildman–Crippen LogP) is 3.07. The minimum Gasteiger partial charge on any atom is -0.347 e. The lowest BCUT2D eigenvalue weighted by Crippen LogP contribution is -2.57. The monoisotopic (exact) mass is 331 g/mol. The van der Waals surface area contributed by atoms with Crippen LogP contribution in [-0.2, 0) is 4.79 Å².